The number of hydrogen-bond acceptors (Lipinski definition) is 8. The zero-order valence-electron chi connectivity index (χ0n) is 23.7. The fourth-order valence-electron chi connectivity index (χ4n) is 4.68. The second kappa shape index (κ2) is 13.5. The molecule has 46 heavy (non-hydrogen) atoms. The fraction of sp³-hybridized carbons (Fsp3) is 0.188. The quantitative estimate of drug-likeness (QED) is 0.173. The number of primary amides is 1. The summed E-state index contributed by atoms with van der Waals surface area (Å²) in [5.41, 5.74) is 4.13. The number of amides is 1. The van der Waals surface area contributed by atoms with E-state index in [1.54, 1.807) is 0 Å². The highest BCUT2D eigenvalue weighted by Crippen LogP contribution is 2.38. The minimum Gasteiger partial charge on any atom is -0.478 e. The van der Waals surface area contributed by atoms with Crippen molar-refractivity contribution in [2.45, 2.75) is 25.0 Å². The Hall–Kier alpha value is -5.68. The molecule has 1 amide bonds. The van der Waals surface area contributed by atoms with E-state index in [4.69, 9.17) is 25.2 Å². The van der Waals surface area contributed by atoms with Crippen LogP contribution in [0.25, 0.3) is 0 Å². The number of aromatic nitrogens is 1. The van der Waals surface area contributed by atoms with Crippen LogP contribution in [0.15, 0.2) is 60.7 Å². The maximum absolute atomic E-state index is 15.5. The van der Waals surface area contributed by atoms with Crippen LogP contribution >= 0.6 is 0 Å². The summed E-state index contributed by atoms with van der Waals surface area (Å²) in [6.07, 6.45) is 0.431. The van der Waals surface area contributed by atoms with Crippen LogP contribution in [-0.2, 0) is 16.1 Å². The lowest BCUT2D eigenvalue weighted by molar-refractivity contribution is -0.118. The number of carbonyl (C=O) groups excluding carboxylic acids is 1. The molecule has 1 fully saturated rings. The summed E-state index contributed by atoms with van der Waals surface area (Å²) in [4.78, 5) is 28.2. The number of carboxylic acid groups (broad SMARTS) is 1. The minimum absolute atomic E-state index is 0.0415. The summed E-state index contributed by atoms with van der Waals surface area (Å²) in [5, 5.41) is 21.1. The summed E-state index contributed by atoms with van der Waals surface area (Å²) in [7, 11) is 0. The van der Waals surface area contributed by atoms with Crippen LogP contribution in [0.2, 0.25) is 0 Å². The van der Waals surface area contributed by atoms with Crippen LogP contribution in [-0.4, -0.2) is 41.2 Å². The van der Waals surface area contributed by atoms with Gasteiger partial charge in [-0.2, -0.15) is 10.2 Å². The van der Waals surface area contributed by atoms with E-state index in [0.29, 0.717) is 31.2 Å². The maximum Gasteiger partial charge on any atom is 0.335 e. The first kappa shape index (κ1) is 31.7. The molecular weight excluding hydrogens is 612 g/mol. The number of rotatable bonds is 12. The first-order valence-electron chi connectivity index (χ1n) is 13.7. The van der Waals surface area contributed by atoms with E-state index in [0.717, 1.165) is 12.1 Å². The van der Waals surface area contributed by atoms with E-state index in [9.17, 15) is 19.1 Å². The average Bonchev–Trinajstić information content (AvgIpc) is 2.99. The Bertz CT molecular complexity index is 1860. The standard InChI is InChI=1S/C32H24F4N4O6/c33-21-8-16(13-37)4-5-17(21)15-45-27-2-1-3-28(40-27)46-26-12-22(34)20(11-23(26)35)29(31(38)41)30-24(36)9-18(32(42)43)10-25(30)39-14-19-6-7-44-19/h1-5,8-12,19,29,39H,6-7,14-15H2,(H2,38,41)(H,42,43)/t19-,29-/m0/s1. The van der Waals surface area contributed by atoms with E-state index in [-0.39, 0.29) is 47.8 Å². The van der Waals surface area contributed by atoms with Gasteiger partial charge in [0.1, 0.15) is 24.1 Å². The summed E-state index contributed by atoms with van der Waals surface area (Å²) in [6.45, 7) is 0.383. The average molecular weight is 637 g/mol. The van der Waals surface area contributed by atoms with Gasteiger partial charge in [0.2, 0.25) is 17.7 Å². The van der Waals surface area contributed by atoms with E-state index < -0.39 is 63.5 Å². The smallest absolute Gasteiger partial charge is 0.335 e. The number of halogens is 4. The summed E-state index contributed by atoms with van der Waals surface area (Å²) in [6, 6.07) is 12.8. The van der Waals surface area contributed by atoms with Crippen LogP contribution < -0.4 is 20.5 Å². The normalized spacial score (nSPS) is 14.5. The van der Waals surface area contributed by atoms with E-state index >= 15 is 13.2 Å². The maximum atomic E-state index is 15.5. The highest BCUT2D eigenvalue weighted by Gasteiger charge is 2.32. The Morgan fingerprint density at radius 2 is 1.80 bits per heavy atom. The van der Waals surface area contributed by atoms with Gasteiger partial charge >= 0.3 is 5.97 Å². The van der Waals surface area contributed by atoms with Gasteiger partial charge in [-0.15, -0.1) is 0 Å². The molecule has 1 saturated heterocycles. The van der Waals surface area contributed by atoms with Crippen molar-refractivity contribution in [3.63, 3.8) is 0 Å². The molecule has 0 spiro atoms. The number of ether oxygens (including phenoxy) is 3. The molecule has 236 valence electrons. The molecule has 0 bridgehead atoms. The summed E-state index contributed by atoms with van der Waals surface area (Å²) >= 11 is 0. The van der Waals surface area contributed by atoms with Crippen LogP contribution in [0.1, 0.15) is 45.0 Å². The van der Waals surface area contributed by atoms with Crippen molar-refractivity contribution in [2.75, 3.05) is 18.5 Å². The number of aromatic carboxylic acids is 1. The number of nitrogens with one attached hydrogen (secondary N) is 1. The summed E-state index contributed by atoms with van der Waals surface area (Å²) < 4.78 is 76.7. The van der Waals surface area contributed by atoms with E-state index in [1.165, 1.54) is 30.3 Å². The molecule has 0 aliphatic carbocycles. The first-order valence-corrected chi connectivity index (χ1v) is 13.7. The van der Waals surface area contributed by atoms with Crippen molar-refractivity contribution in [1.82, 2.24) is 4.98 Å². The van der Waals surface area contributed by atoms with Gasteiger partial charge in [-0.3, -0.25) is 4.79 Å². The van der Waals surface area contributed by atoms with E-state index in [1.807, 2.05) is 6.07 Å². The highest BCUT2D eigenvalue weighted by atomic mass is 19.1. The van der Waals surface area contributed by atoms with Gasteiger partial charge in [-0.1, -0.05) is 12.1 Å². The minimum atomic E-state index is -1.87. The third-order valence-corrected chi connectivity index (χ3v) is 7.10. The summed E-state index contributed by atoms with van der Waals surface area (Å²) in [5.74, 6) is -9.64. The number of benzene rings is 3. The second-order valence-electron chi connectivity index (χ2n) is 10.1. The molecule has 4 N–H and O–H groups in total. The molecule has 14 heteroatoms. The Morgan fingerprint density at radius 3 is 2.46 bits per heavy atom. The van der Waals surface area contributed by atoms with Crippen molar-refractivity contribution in [3.8, 4) is 23.6 Å². The number of nitrogens with zero attached hydrogens (tertiary/aromatic N) is 2. The SMILES string of the molecule is N#Cc1ccc(COc2cccc(Oc3cc(F)c([C@H](C(N)=O)c4c(F)cc(C(=O)O)cc4NC[C@@H]4CCO4)cc3F)n2)c(F)c1. The van der Waals surface area contributed by atoms with Crippen LogP contribution in [0.4, 0.5) is 23.2 Å². The van der Waals surface area contributed by atoms with Crippen molar-refractivity contribution < 1.29 is 46.5 Å². The molecule has 5 rings (SSSR count). The monoisotopic (exact) mass is 636 g/mol. The van der Waals surface area contributed by atoms with Crippen LogP contribution in [0.5, 0.6) is 17.5 Å². The molecule has 4 aromatic rings. The number of pyridine rings is 1. The van der Waals surface area contributed by atoms with Crippen molar-refractivity contribution in [1.29, 1.82) is 5.26 Å². The number of carboxylic acids is 1. The van der Waals surface area contributed by atoms with Gasteiger partial charge in [0.05, 0.1) is 29.2 Å². The van der Waals surface area contributed by atoms with Gasteiger partial charge in [0, 0.05) is 53.7 Å². The molecule has 1 aliphatic rings. The molecule has 1 aromatic heterocycles. The second-order valence-corrected chi connectivity index (χ2v) is 10.1. The zero-order valence-corrected chi connectivity index (χ0v) is 23.7. The van der Waals surface area contributed by atoms with Crippen molar-refractivity contribution >= 4 is 17.6 Å². The first-order chi connectivity index (χ1) is 22.0. The Balaban J connectivity index is 1.40. The molecule has 3 aromatic carbocycles. The lowest BCUT2D eigenvalue weighted by Gasteiger charge is -2.28. The third-order valence-electron chi connectivity index (χ3n) is 7.10. The van der Waals surface area contributed by atoms with Gasteiger partial charge in [-0.25, -0.2) is 22.4 Å². The number of nitrogens with two attached hydrogens (primary N) is 1. The molecule has 0 saturated carbocycles. The Morgan fingerprint density at radius 1 is 1.04 bits per heavy atom. The number of nitriles is 1. The molecule has 0 radical (unpaired) electrons. The Labute approximate surface area is 259 Å². The molecule has 1 aliphatic heterocycles. The molecule has 2 heterocycles. The zero-order chi connectivity index (χ0) is 33.0. The number of anilines is 1. The molecular formula is C32H24F4N4O6. The number of carbonyl (C=O) groups is 2. The van der Waals surface area contributed by atoms with Gasteiger partial charge in [0.25, 0.3) is 0 Å². The third kappa shape index (κ3) is 7.00. The largest absolute Gasteiger partial charge is 0.478 e. The molecule has 0 unspecified atom stereocenters. The van der Waals surface area contributed by atoms with Gasteiger partial charge in [0.15, 0.2) is 11.6 Å². The predicted octanol–water partition coefficient (Wildman–Crippen LogP) is 5.40. The molecule has 10 nitrogen and oxygen atoms in total. The number of hydrogen-bond donors (Lipinski definition) is 3. The Kier molecular flexibility index (Phi) is 9.34. The highest BCUT2D eigenvalue weighted by molar-refractivity contribution is 5.92. The van der Waals surface area contributed by atoms with Crippen LogP contribution in [0.3, 0.4) is 0 Å². The van der Waals surface area contributed by atoms with E-state index in [2.05, 4.69) is 10.3 Å². The lowest BCUT2D eigenvalue weighted by Crippen LogP contribution is -2.34. The lowest BCUT2D eigenvalue weighted by atomic mass is 9.87. The topological polar surface area (TPSA) is 157 Å². The van der Waals surface area contributed by atoms with Crippen molar-refractivity contribution in [3.05, 3.63) is 112 Å². The fourth-order valence-corrected chi connectivity index (χ4v) is 4.68. The van der Waals surface area contributed by atoms with Gasteiger partial charge in [-0.05, 0) is 36.8 Å². The van der Waals surface area contributed by atoms with Crippen molar-refractivity contribution in [2.24, 2.45) is 5.73 Å². The van der Waals surface area contributed by atoms with Crippen LogP contribution in [0, 0.1) is 34.6 Å². The van der Waals surface area contributed by atoms with Gasteiger partial charge < -0.3 is 30.4 Å². The predicted molar refractivity (Wildman–Crippen MR) is 153 cm³/mol. The molecule has 2 atom stereocenters.